The molecule has 10 heteroatoms. The van der Waals surface area contributed by atoms with Crippen LogP contribution in [0, 0.1) is 0 Å². The number of nitrogens with one attached hydrogen (secondary N) is 1. The summed E-state index contributed by atoms with van der Waals surface area (Å²) in [5, 5.41) is 2.21. The molecule has 1 rings (SSSR count). The highest BCUT2D eigenvalue weighted by molar-refractivity contribution is 6.74. The number of carbonyl (C=O) groups is 2. The second kappa shape index (κ2) is 9.82. The van der Waals surface area contributed by atoms with Crippen LogP contribution in [0.5, 0.6) is 0 Å². The molecular weight excluding hydrogens is 443 g/mol. The Morgan fingerprint density at radius 3 is 1.84 bits per heavy atom. The summed E-state index contributed by atoms with van der Waals surface area (Å²) in [7, 11) is -1.39. The molecule has 182 valence electrons. The minimum atomic E-state index is -4.51. The number of rotatable bonds is 6. The highest BCUT2D eigenvalue weighted by Crippen LogP contribution is 2.41. The maximum absolute atomic E-state index is 13.0. The Morgan fingerprint density at radius 2 is 1.47 bits per heavy atom. The molecule has 1 aromatic carbocycles. The molecule has 0 saturated carbocycles. The Kier molecular flexibility index (Phi) is 8.58. The molecule has 0 aliphatic rings. The average Bonchev–Trinajstić information content (AvgIpc) is 2.61. The van der Waals surface area contributed by atoms with Crippen molar-refractivity contribution in [3.05, 3.63) is 35.4 Å². The second-order valence-corrected chi connectivity index (χ2v) is 14.8. The Balaban J connectivity index is 3.48. The van der Waals surface area contributed by atoms with Gasteiger partial charge in [0.2, 0.25) is 0 Å². The smallest absolute Gasteiger partial charge is 0.416 e. The molecule has 0 spiro atoms. The van der Waals surface area contributed by atoms with Gasteiger partial charge >= 0.3 is 18.2 Å². The number of alkyl halides is 3. The van der Waals surface area contributed by atoms with Crippen molar-refractivity contribution >= 4 is 20.4 Å². The van der Waals surface area contributed by atoms with Crippen LogP contribution in [0.25, 0.3) is 0 Å². The quantitative estimate of drug-likeness (QED) is 0.412. The number of ether oxygens (including phenoxy) is 2. The molecule has 1 N–H and O–H groups in total. The third-order valence-electron chi connectivity index (χ3n) is 5.22. The van der Waals surface area contributed by atoms with Crippen molar-refractivity contribution in [3.8, 4) is 0 Å². The zero-order chi connectivity index (χ0) is 25.1. The summed E-state index contributed by atoms with van der Waals surface area (Å²) in [5.41, 5.74) is -1.36. The highest BCUT2D eigenvalue weighted by atomic mass is 28.4. The van der Waals surface area contributed by atoms with Gasteiger partial charge in [-0.3, -0.25) is 0 Å². The lowest BCUT2D eigenvalue weighted by Gasteiger charge is -2.41. The largest absolute Gasteiger partial charge is 0.467 e. The van der Waals surface area contributed by atoms with Crippen molar-refractivity contribution in [2.24, 2.45) is 0 Å². The van der Waals surface area contributed by atoms with Gasteiger partial charge in [-0.2, -0.15) is 13.2 Å². The van der Waals surface area contributed by atoms with Crippen LogP contribution in [0.3, 0.4) is 0 Å². The standard InChI is InChI=1S/C22H34F3NO5Si/c1-20(2,3)30-19(28)26-16(18(27)29-7)17(31-32(8,9)21(4,5)6)14-10-12-15(13-11-14)22(23,24)25/h10-13,16-17H,1-9H3,(H,26,28)/t16-,17+/m0/s1. The lowest BCUT2D eigenvalue weighted by molar-refractivity contribution is -0.146. The molecule has 1 amide bonds. The summed E-state index contributed by atoms with van der Waals surface area (Å²) in [6.45, 7) is 14.8. The van der Waals surface area contributed by atoms with Crippen molar-refractivity contribution < 1.29 is 36.7 Å². The minimum absolute atomic E-state index is 0.274. The maximum Gasteiger partial charge on any atom is 0.416 e. The van der Waals surface area contributed by atoms with Gasteiger partial charge in [0, 0.05) is 0 Å². The number of alkyl carbamates (subject to hydrolysis) is 1. The van der Waals surface area contributed by atoms with Crippen LogP contribution >= 0.6 is 0 Å². The predicted octanol–water partition coefficient (Wildman–Crippen LogP) is 5.83. The molecule has 0 fully saturated rings. The minimum Gasteiger partial charge on any atom is -0.467 e. The van der Waals surface area contributed by atoms with Crippen molar-refractivity contribution in [2.75, 3.05) is 7.11 Å². The zero-order valence-corrected chi connectivity index (χ0v) is 21.1. The van der Waals surface area contributed by atoms with Gasteiger partial charge in [-0.15, -0.1) is 0 Å². The van der Waals surface area contributed by atoms with Gasteiger partial charge in [0.25, 0.3) is 0 Å². The monoisotopic (exact) mass is 477 g/mol. The molecule has 0 aliphatic heterocycles. The van der Waals surface area contributed by atoms with E-state index in [1.165, 1.54) is 12.1 Å². The molecule has 0 aromatic heterocycles. The summed E-state index contributed by atoms with van der Waals surface area (Å²) >= 11 is 0. The van der Waals surface area contributed by atoms with E-state index in [-0.39, 0.29) is 5.04 Å². The van der Waals surface area contributed by atoms with Crippen LogP contribution in [0.2, 0.25) is 18.1 Å². The zero-order valence-electron chi connectivity index (χ0n) is 20.1. The fraction of sp³-hybridized carbons (Fsp3) is 0.636. The van der Waals surface area contributed by atoms with Crippen LogP contribution in [0.1, 0.15) is 58.8 Å². The summed E-state index contributed by atoms with van der Waals surface area (Å²) in [6.07, 6.45) is -6.47. The van der Waals surface area contributed by atoms with E-state index < -0.39 is 49.9 Å². The highest BCUT2D eigenvalue weighted by Gasteiger charge is 2.44. The Morgan fingerprint density at radius 1 is 0.969 bits per heavy atom. The van der Waals surface area contributed by atoms with E-state index in [2.05, 4.69) is 5.32 Å². The Bertz CT molecular complexity index is 796. The number of carbonyl (C=O) groups excluding carboxylic acids is 2. The number of esters is 1. The van der Waals surface area contributed by atoms with Crippen LogP contribution in [0.15, 0.2) is 24.3 Å². The summed E-state index contributed by atoms with van der Waals surface area (Å²) in [5.74, 6) is -0.806. The van der Waals surface area contributed by atoms with Crippen LogP contribution in [-0.4, -0.2) is 39.1 Å². The third kappa shape index (κ3) is 7.81. The van der Waals surface area contributed by atoms with Gasteiger partial charge in [0.1, 0.15) is 11.7 Å². The van der Waals surface area contributed by atoms with Crippen molar-refractivity contribution in [2.45, 2.75) is 83.6 Å². The Hall–Kier alpha value is -2.07. The van der Waals surface area contributed by atoms with Gasteiger partial charge in [0.15, 0.2) is 14.4 Å². The molecule has 0 radical (unpaired) electrons. The van der Waals surface area contributed by atoms with Gasteiger partial charge in [-0.1, -0.05) is 32.9 Å². The fourth-order valence-electron chi connectivity index (χ4n) is 2.50. The van der Waals surface area contributed by atoms with Gasteiger partial charge in [-0.25, -0.2) is 9.59 Å². The average molecular weight is 478 g/mol. The van der Waals surface area contributed by atoms with Crippen LogP contribution in [-0.2, 0) is 24.9 Å². The first-order valence-electron chi connectivity index (χ1n) is 10.2. The topological polar surface area (TPSA) is 73.9 Å². The number of benzene rings is 1. The third-order valence-corrected chi connectivity index (χ3v) is 9.68. The molecule has 2 atom stereocenters. The summed E-state index contributed by atoms with van der Waals surface area (Å²) < 4.78 is 55.7. The molecule has 1 aromatic rings. The lowest BCUT2D eigenvalue weighted by Crippen LogP contribution is -2.52. The molecular formula is C22H34F3NO5Si. The van der Waals surface area contributed by atoms with Crippen molar-refractivity contribution in [3.63, 3.8) is 0 Å². The van der Waals surface area contributed by atoms with Crippen LogP contribution < -0.4 is 5.32 Å². The number of methoxy groups -OCH3 is 1. The van der Waals surface area contributed by atoms with Gasteiger partial charge < -0.3 is 19.2 Å². The molecule has 0 unspecified atom stereocenters. The van der Waals surface area contributed by atoms with Gasteiger partial charge in [-0.05, 0) is 56.6 Å². The second-order valence-electron chi connectivity index (χ2n) is 10.1. The normalized spacial score (nSPS) is 15.0. The van der Waals surface area contributed by atoms with E-state index in [4.69, 9.17) is 13.9 Å². The lowest BCUT2D eigenvalue weighted by atomic mass is 10.0. The number of hydrogen-bond acceptors (Lipinski definition) is 5. The molecule has 0 aliphatic carbocycles. The predicted molar refractivity (Wildman–Crippen MR) is 118 cm³/mol. The SMILES string of the molecule is COC(=O)[C@@H](NC(=O)OC(C)(C)C)[C@H](O[Si](C)(C)C(C)(C)C)c1ccc(C(F)(F)F)cc1. The van der Waals surface area contributed by atoms with Crippen molar-refractivity contribution in [1.82, 2.24) is 5.32 Å². The van der Waals surface area contributed by atoms with E-state index in [1.807, 2.05) is 33.9 Å². The maximum atomic E-state index is 13.0. The molecule has 6 nitrogen and oxygen atoms in total. The van der Waals surface area contributed by atoms with E-state index in [0.29, 0.717) is 5.56 Å². The van der Waals surface area contributed by atoms with E-state index in [9.17, 15) is 22.8 Å². The van der Waals surface area contributed by atoms with E-state index in [0.717, 1.165) is 19.2 Å². The van der Waals surface area contributed by atoms with Gasteiger partial charge in [0.05, 0.1) is 12.7 Å². The molecule has 0 saturated heterocycles. The first-order chi connectivity index (χ1) is 14.3. The number of halogens is 3. The fourth-order valence-corrected chi connectivity index (χ4v) is 3.76. The number of amides is 1. The first-order valence-corrected chi connectivity index (χ1v) is 13.1. The molecule has 0 bridgehead atoms. The summed E-state index contributed by atoms with van der Waals surface area (Å²) in [4.78, 5) is 25.1. The first kappa shape index (κ1) is 28.0. The summed E-state index contributed by atoms with van der Waals surface area (Å²) in [6, 6.07) is 2.99. The van der Waals surface area contributed by atoms with E-state index >= 15 is 0 Å². The molecule has 32 heavy (non-hydrogen) atoms. The Labute approximate surface area is 188 Å². The molecule has 0 heterocycles. The van der Waals surface area contributed by atoms with Crippen LogP contribution in [0.4, 0.5) is 18.0 Å². The number of hydrogen-bond donors (Lipinski definition) is 1. The van der Waals surface area contributed by atoms with Crippen molar-refractivity contribution in [1.29, 1.82) is 0 Å². The van der Waals surface area contributed by atoms with E-state index in [1.54, 1.807) is 20.8 Å².